The average Bonchev–Trinajstić information content (AvgIpc) is 2.62. The number of Topliss-reactive ketones (excluding diaryl/α,β-unsaturated/α-hetero) is 1. The van der Waals surface area contributed by atoms with Crippen LogP contribution in [0.2, 0.25) is 0 Å². The lowest BCUT2D eigenvalue weighted by Gasteiger charge is -2.31. The Hall–Kier alpha value is -2.06. The van der Waals surface area contributed by atoms with Crippen molar-refractivity contribution >= 4 is 15.9 Å². The van der Waals surface area contributed by atoms with Crippen molar-refractivity contribution in [3.05, 3.63) is 60.2 Å². The van der Waals surface area contributed by atoms with Crippen LogP contribution in [0, 0.1) is 0 Å². The van der Waals surface area contributed by atoms with Crippen LogP contribution in [-0.4, -0.2) is 55.2 Å². The molecule has 0 bridgehead atoms. The molecule has 132 valence electrons. The minimum Gasteiger partial charge on any atom is -0.314 e. The first-order valence-corrected chi connectivity index (χ1v) is 9.58. The molecule has 0 saturated carbocycles. The lowest BCUT2D eigenvalue weighted by atomic mass is 10.0. The van der Waals surface area contributed by atoms with Crippen molar-refractivity contribution in [3.8, 4) is 11.1 Å². The Morgan fingerprint density at radius 1 is 0.960 bits per heavy atom. The van der Waals surface area contributed by atoms with Crippen molar-refractivity contribution in [2.75, 3.05) is 26.2 Å². The van der Waals surface area contributed by atoms with Gasteiger partial charge >= 0.3 is 0 Å². The largest absolute Gasteiger partial charge is 0.314 e. The molecule has 0 amide bonds. The summed E-state index contributed by atoms with van der Waals surface area (Å²) in [6.45, 7) is 1.93. The molecule has 2 N–H and O–H groups in total. The molecule has 1 fully saturated rings. The van der Waals surface area contributed by atoms with E-state index in [1.54, 1.807) is 24.3 Å². The molecule has 3 rings (SSSR count). The Bertz CT molecular complexity index is 829. The monoisotopic (exact) mass is 360 g/mol. The number of nitrogens with one attached hydrogen (secondary N) is 1. The minimum absolute atomic E-state index is 0.265. The molecule has 25 heavy (non-hydrogen) atoms. The molecule has 1 saturated heterocycles. The number of ketones is 1. The van der Waals surface area contributed by atoms with E-state index >= 15 is 0 Å². The number of hydrogen-bond donors (Lipinski definition) is 2. The number of hydrogen-bond acceptors (Lipinski definition) is 5. The SMILES string of the molecule is O=C(c1ccc(-c2ccccc2)cc1)C(N1CCNCC1)S(=O)(=O)O. The van der Waals surface area contributed by atoms with E-state index in [1.807, 2.05) is 30.3 Å². The van der Waals surface area contributed by atoms with Crippen molar-refractivity contribution in [1.29, 1.82) is 0 Å². The molecule has 1 atom stereocenters. The molecule has 0 radical (unpaired) electrons. The molecule has 1 unspecified atom stereocenters. The minimum atomic E-state index is -4.53. The van der Waals surface area contributed by atoms with Gasteiger partial charge in [-0.25, -0.2) is 0 Å². The van der Waals surface area contributed by atoms with Crippen LogP contribution in [0.3, 0.4) is 0 Å². The second-order valence-electron chi connectivity index (χ2n) is 5.96. The van der Waals surface area contributed by atoms with E-state index in [1.165, 1.54) is 4.90 Å². The number of carbonyl (C=O) groups is 1. The van der Waals surface area contributed by atoms with Crippen molar-refractivity contribution < 1.29 is 17.8 Å². The fourth-order valence-corrected chi connectivity index (χ4v) is 4.00. The van der Waals surface area contributed by atoms with Crippen LogP contribution in [0.1, 0.15) is 10.4 Å². The molecular formula is C18H20N2O4S. The molecule has 0 aliphatic carbocycles. The number of piperazine rings is 1. The van der Waals surface area contributed by atoms with Crippen molar-refractivity contribution in [1.82, 2.24) is 10.2 Å². The predicted molar refractivity (Wildman–Crippen MR) is 96.0 cm³/mol. The van der Waals surface area contributed by atoms with Gasteiger partial charge in [-0.05, 0) is 11.1 Å². The van der Waals surface area contributed by atoms with Crippen molar-refractivity contribution in [2.24, 2.45) is 0 Å². The average molecular weight is 360 g/mol. The topological polar surface area (TPSA) is 86.7 Å². The summed E-state index contributed by atoms with van der Waals surface area (Å²) in [7, 11) is -4.53. The summed E-state index contributed by atoms with van der Waals surface area (Å²) in [5.41, 5.74) is 2.21. The first kappa shape index (κ1) is 17.8. The van der Waals surface area contributed by atoms with Gasteiger partial charge in [0.05, 0.1) is 0 Å². The van der Waals surface area contributed by atoms with Gasteiger partial charge in [0.2, 0.25) is 5.37 Å². The Morgan fingerprint density at radius 2 is 1.52 bits per heavy atom. The predicted octanol–water partition coefficient (Wildman–Crippen LogP) is 1.66. The third-order valence-corrected chi connectivity index (χ3v) is 5.34. The van der Waals surface area contributed by atoms with Crippen LogP contribution >= 0.6 is 0 Å². The molecule has 7 heteroatoms. The highest BCUT2D eigenvalue weighted by Gasteiger charge is 2.37. The van der Waals surface area contributed by atoms with E-state index in [4.69, 9.17) is 0 Å². The summed E-state index contributed by atoms with van der Waals surface area (Å²) >= 11 is 0. The highest BCUT2D eigenvalue weighted by atomic mass is 32.2. The molecule has 2 aromatic carbocycles. The lowest BCUT2D eigenvalue weighted by molar-refractivity contribution is 0.0876. The standard InChI is InChI=1S/C18H20N2O4S/c21-17(18(25(22,23)24)20-12-10-19-11-13-20)16-8-6-15(7-9-16)14-4-2-1-3-5-14/h1-9,18-19H,10-13H2,(H,22,23,24). The molecule has 2 aromatic rings. The second kappa shape index (κ2) is 7.45. The summed E-state index contributed by atoms with van der Waals surface area (Å²) in [6.07, 6.45) is 0. The maximum atomic E-state index is 12.7. The molecule has 1 aliphatic heterocycles. The van der Waals surface area contributed by atoms with E-state index in [2.05, 4.69) is 5.32 Å². The van der Waals surface area contributed by atoms with Crippen molar-refractivity contribution in [3.63, 3.8) is 0 Å². The van der Waals surface area contributed by atoms with Crippen LogP contribution in [-0.2, 0) is 10.1 Å². The zero-order valence-corrected chi connectivity index (χ0v) is 14.4. The quantitative estimate of drug-likeness (QED) is 0.623. The normalized spacial score (nSPS) is 17.2. The van der Waals surface area contributed by atoms with Gasteiger partial charge in [-0.1, -0.05) is 54.6 Å². The maximum absolute atomic E-state index is 12.7. The zero-order chi connectivity index (χ0) is 17.9. The summed E-state index contributed by atoms with van der Waals surface area (Å²) in [5.74, 6) is -0.607. The molecule has 1 aliphatic rings. The third kappa shape index (κ3) is 4.13. The van der Waals surface area contributed by atoms with Gasteiger partial charge in [0, 0.05) is 31.7 Å². The van der Waals surface area contributed by atoms with Crippen LogP contribution in [0.5, 0.6) is 0 Å². The van der Waals surface area contributed by atoms with Gasteiger partial charge < -0.3 is 5.32 Å². The van der Waals surface area contributed by atoms with E-state index in [-0.39, 0.29) is 5.56 Å². The molecule has 1 heterocycles. The van der Waals surface area contributed by atoms with Gasteiger partial charge in [-0.3, -0.25) is 14.2 Å². The highest BCUT2D eigenvalue weighted by Crippen LogP contribution is 2.21. The van der Waals surface area contributed by atoms with Crippen LogP contribution in [0.15, 0.2) is 54.6 Å². The van der Waals surface area contributed by atoms with Gasteiger partial charge in [-0.2, -0.15) is 8.42 Å². The molecular weight excluding hydrogens is 340 g/mol. The number of rotatable bonds is 5. The van der Waals surface area contributed by atoms with Gasteiger partial charge in [0.15, 0.2) is 5.78 Å². The molecule has 6 nitrogen and oxygen atoms in total. The Morgan fingerprint density at radius 3 is 2.08 bits per heavy atom. The fourth-order valence-electron chi connectivity index (χ4n) is 3.01. The molecule has 0 spiro atoms. The fraction of sp³-hybridized carbons (Fsp3) is 0.278. The summed E-state index contributed by atoms with van der Waals surface area (Å²) in [5, 5.41) is 1.54. The Kier molecular flexibility index (Phi) is 5.29. The van der Waals surface area contributed by atoms with Gasteiger partial charge in [0.1, 0.15) is 0 Å². The summed E-state index contributed by atoms with van der Waals surface area (Å²) < 4.78 is 33.2. The number of benzene rings is 2. The third-order valence-electron chi connectivity index (χ3n) is 4.27. The summed E-state index contributed by atoms with van der Waals surface area (Å²) in [6, 6.07) is 16.4. The van der Waals surface area contributed by atoms with E-state index < -0.39 is 21.3 Å². The highest BCUT2D eigenvalue weighted by molar-refractivity contribution is 7.87. The first-order chi connectivity index (χ1) is 12.0. The van der Waals surface area contributed by atoms with Gasteiger partial charge in [-0.15, -0.1) is 0 Å². The van der Waals surface area contributed by atoms with E-state index in [0.717, 1.165) is 11.1 Å². The Balaban J connectivity index is 1.87. The van der Waals surface area contributed by atoms with Crippen LogP contribution in [0.25, 0.3) is 11.1 Å². The second-order valence-corrected chi connectivity index (χ2v) is 7.44. The number of nitrogens with zero attached hydrogens (tertiary/aromatic N) is 1. The maximum Gasteiger partial charge on any atom is 0.289 e. The zero-order valence-electron chi connectivity index (χ0n) is 13.6. The smallest absolute Gasteiger partial charge is 0.289 e. The molecule has 0 aromatic heterocycles. The Labute approximate surface area is 147 Å². The van der Waals surface area contributed by atoms with Crippen molar-refractivity contribution in [2.45, 2.75) is 5.37 Å². The van der Waals surface area contributed by atoms with E-state index in [9.17, 15) is 17.8 Å². The van der Waals surface area contributed by atoms with Crippen LogP contribution in [0.4, 0.5) is 0 Å². The lowest BCUT2D eigenvalue weighted by Crippen LogP contribution is -2.54. The number of carbonyl (C=O) groups excluding carboxylic acids is 1. The summed E-state index contributed by atoms with van der Waals surface area (Å²) in [4.78, 5) is 14.2. The van der Waals surface area contributed by atoms with Gasteiger partial charge in [0.25, 0.3) is 10.1 Å². The first-order valence-electron chi connectivity index (χ1n) is 8.07. The van der Waals surface area contributed by atoms with E-state index in [0.29, 0.717) is 26.2 Å². The van der Waals surface area contributed by atoms with Crippen LogP contribution < -0.4 is 5.32 Å².